The summed E-state index contributed by atoms with van der Waals surface area (Å²) in [5.41, 5.74) is 3.16. The van der Waals surface area contributed by atoms with E-state index in [1.807, 2.05) is 6.92 Å². The predicted octanol–water partition coefficient (Wildman–Crippen LogP) is 5.05. The average Bonchev–Trinajstić information content (AvgIpc) is 2.87. The third-order valence-corrected chi connectivity index (χ3v) is 4.61. The van der Waals surface area contributed by atoms with E-state index in [1.165, 1.54) is 15.6 Å². The molecule has 3 aromatic rings. The highest BCUT2D eigenvalue weighted by molar-refractivity contribution is 7.17. The molecule has 1 aromatic heterocycles. The van der Waals surface area contributed by atoms with Gasteiger partial charge in [-0.25, -0.2) is 4.39 Å². The van der Waals surface area contributed by atoms with Gasteiger partial charge in [-0.3, -0.25) is 0 Å². The minimum Gasteiger partial charge on any atom is -0.306 e. The van der Waals surface area contributed by atoms with Crippen LogP contribution in [0.25, 0.3) is 10.1 Å². The number of hydrogen-bond acceptors (Lipinski definition) is 2. The zero-order chi connectivity index (χ0) is 14.8. The van der Waals surface area contributed by atoms with Crippen molar-refractivity contribution in [1.29, 1.82) is 0 Å². The molecule has 1 nitrogen and oxygen atoms in total. The van der Waals surface area contributed by atoms with Crippen LogP contribution in [0.5, 0.6) is 0 Å². The Morgan fingerprint density at radius 2 is 2.00 bits per heavy atom. The van der Waals surface area contributed by atoms with Crippen molar-refractivity contribution in [1.82, 2.24) is 5.32 Å². The summed E-state index contributed by atoms with van der Waals surface area (Å²) < 4.78 is 15.0. The van der Waals surface area contributed by atoms with E-state index in [2.05, 4.69) is 48.0 Å². The fourth-order valence-electron chi connectivity index (χ4n) is 2.76. The van der Waals surface area contributed by atoms with Gasteiger partial charge in [-0.2, -0.15) is 0 Å². The van der Waals surface area contributed by atoms with Gasteiger partial charge in [-0.1, -0.05) is 31.2 Å². The molecule has 0 saturated carbocycles. The lowest BCUT2D eigenvalue weighted by Gasteiger charge is -2.19. The summed E-state index contributed by atoms with van der Waals surface area (Å²) in [7, 11) is 0. The first-order chi connectivity index (χ1) is 10.2. The lowest BCUT2D eigenvalue weighted by molar-refractivity contribution is 0.604. The van der Waals surface area contributed by atoms with Crippen LogP contribution in [0.1, 0.15) is 29.7 Å². The van der Waals surface area contributed by atoms with E-state index in [0.717, 1.165) is 17.7 Å². The van der Waals surface area contributed by atoms with E-state index >= 15 is 0 Å². The van der Waals surface area contributed by atoms with Crippen LogP contribution in [0.3, 0.4) is 0 Å². The van der Waals surface area contributed by atoms with Crippen molar-refractivity contribution in [3.05, 3.63) is 70.4 Å². The van der Waals surface area contributed by atoms with Gasteiger partial charge in [0.25, 0.3) is 0 Å². The van der Waals surface area contributed by atoms with Gasteiger partial charge in [0.05, 0.1) is 6.04 Å². The van der Waals surface area contributed by atoms with Crippen molar-refractivity contribution < 1.29 is 4.39 Å². The molecule has 0 fully saturated rings. The van der Waals surface area contributed by atoms with Crippen LogP contribution in [0.4, 0.5) is 4.39 Å². The average molecular weight is 299 g/mol. The second-order valence-electron chi connectivity index (χ2n) is 5.24. The summed E-state index contributed by atoms with van der Waals surface area (Å²) in [4.78, 5) is 0. The number of fused-ring (bicyclic) bond motifs is 1. The molecule has 0 bridgehead atoms. The molecule has 1 N–H and O–H groups in total. The fraction of sp³-hybridized carbons (Fsp3) is 0.222. The molecule has 21 heavy (non-hydrogen) atoms. The zero-order valence-corrected chi connectivity index (χ0v) is 13.0. The third kappa shape index (κ3) is 2.85. The molecule has 0 saturated heterocycles. The maximum Gasteiger partial charge on any atom is 0.123 e. The Morgan fingerprint density at radius 3 is 2.76 bits per heavy atom. The van der Waals surface area contributed by atoms with Gasteiger partial charge >= 0.3 is 0 Å². The van der Waals surface area contributed by atoms with Crippen LogP contribution < -0.4 is 5.32 Å². The maximum atomic E-state index is 13.8. The third-order valence-electron chi connectivity index (χ3n) is 3.63. The minimum absolute atomic E-state index is 0.0283. The van der Waals surface area contributed by atoms with Crippen molar-refractivity contribution in [2.24, 2.45) is 0 Å². The van der Waals surface area contributed by atoms with Crippen LogP contribution in [-0.4, -0.2) is 6.54 Å². The number of nitrogens with one attached hydrogen (secondary N) is 1. The van der Waals surface area contributed by atoms with E-state index in [9.17, 15) is 4.39 Å². The van der Waals surface area contributed by atoms with Gasteiger partial charge < -0.3 is 5.32 Å². The monoisotopic (exact) mass is 299 g/mol. The lowest BCUT2D eigenvalue weighted by Crippen LogP contribution is -2.22. The van der Waals surface area contributed by atoms with Gasteiger partial charge in [0.2, 0.25) is 0 Å². The van der Waals surface area contributed by atoms with E-state index < -0.39 is 0 Å². The SMILES string of the molecule is CCNC(c1cc(C)cc(F)c1)c1csc2ccccc12. The van der Waals surface area contributed by atoms with Crippen molar-refractivity contribution in [2.75, 3.05) is 6.54 Å². The molecule has 0 radical (unpaired) electrons. The van der Waals surface area contributed by atoms with Crippen LogP contribution in [-0.2, 0) is 0 Å². The van der Waals surface area contributed by atoms with Crippen molar-refractivity contribution in [2.45, 2.75) is 19.9 Å². The van der Waals surface area contributed by atoms with Gasteiger partial charge in [0, 0.05) is 4.70 Å². The Labute approximate surface area is 128 Å². The largest absolute Gasteiger partial charge is 0.306 e. The van der Waals surface area contributed by atoms with E-state index in [-0.39, 0.29) is 11.9 Å². The second kappa shape index (κ2) is 5.96. The zero-order valence-electron chi connectivity index (χ0n) is 12.2. The highest BCUT2D eigenvalue weighted by Gasteiger charge is 2.18. The standard InChI is InChI=1S/C18H18FNS/c1-3-20-18(13-8-12(2)9-14(19)10-13)16-11-21-17-7-5-4-6-15(16)17/h4-11,18,20H,3H2,1-2H3. The number of halogens is 1. The second-order valence-corrected chi connectivity index (χ2v) is 6.15. The molecule has 0 spiro atoms. The molecule has 1 unspecified atom stereocenters. The van der Waals surface area contributed by atoms with Crippen LogP contribution in [0.2, 0.25) is 0 Å². The Balaban J connectivity index is 2.13. The van der Waals surface area contributed by atoms with Crippen LogP contribution in [0, 0.1) is 12.7 Å². The molecule has 0 aliphatic heterocycles. The maximum absolute atomic E-state index is 13.8. The fourth-order valence-corrected chi connectivity index (χ4v) is 3.75. The van der Waals surface area contributed by atoms with E-state index in [0.29, 0.717) is 0 Å². The molecular weight excluding hydrogens is 281 g/mol. The number of rotatable bonds is 4. The van der Waals surface area contributed by atoms with Crippen LogP contribution >= 0.6 is 11.3 Å². The van der Waals surface area contributed by atoms with Gasteiger partial charge in [0.1, 0.15) is 5.82 Å². The normalized spacial score (nSPS) is 12.7. The topological polar surface area (TPSA) is 12.0 Å². The Hall–Kier alpha value is -1.71. The summed E-state index contributed by atoms with van der Waals surface area (Å²) in [6.45, 7) is 4.85. The lowest BCUT2D eigenvalue weighted by atomic mass is 9.96. The van der Waals surface area contributed by atoms with Gasteiger partial charge in [-0.05, 0) is 59.1 Å². The Bertz CT molecular complexity index is 743. The molecule has 0 amide bonds. The van der Waals surface area contributed by atoms with E-state index in [4.69, 9.17) is 0 Å². The summed E-state index contributed by atoms with van der Waals surface area (Å²) in [6, 6.07) is 13.7. The number of benzene rings is 2. The molecule has 108 valence electrons. The van der Waals surface area contributed by atoms with Crippen molar-refractivity contribution in [3.63, 3.8) is 0 Å². The first-order valence-electron chi connectivity index (χ1n) is 7.15. The number of aryl methyl sites for hydroxylation is 1. The molecule has 0 aliphatic rings. The first kappa shape index (κ1) is 14.2. The number of thiophene rings is 1. The van der Waals surface area contributed by atoms with Crippen molar-refractivity contribution in [3.8, 4) is 0 Å². The molecule has 1 heterocycles. The summed E-state index contributed by atoms with van der Waals surface area (Å²) in [6.07, 6.45) is 0. The highest BCUT2D eigenvalue weighted by Crippen LogP contribution is 2.34. The van der Waals surface area contributed by atoms with Crippen molar-refractivity contribution >= 4 is 21.4 Å². The summed E-state index contributed by atoms with van der Waals surface area (Å²) >= 11 is 1.74. The van der Waals surface area contributed by atoms with Gasteiger partial charge in [-0.15, -0.1) is 11.3 Å². The Morgan fingerprint density at radius 1 is 1.19 bits per heavy atom. The quantitative estimate of drug-likeness (QED) is 0.711. The van der Waals surface area contributed by atoms with Crippen LogP contribution in [0.15, 0.2) is 47.8 Å². The van der Waals surface area contributed by atoms with Gasteiger partial charge in [0.15, 0.2) is 0 Å². The highest BCUT2D eigenvalue weighted by atomic mass is 32.1. The molecule has 1 atom stereocenters. The smallest absolute Gasteiger partial charge is 0.123 e. The molecule has 0 aliphatic carbocycles. The molecular formula is C18H18FNS. The summed E-state index contributed by atoms with van der Waals surface area (Å²) in [5.74, 6) is -0.174. The predicted molar refractivity (Wildman–Crippen MR) is 88.5 cm³/mol. The molecule has 3 rings (SSSR count). The van der Waals surface area contributed by atoms with E-state index in [1.54, 1.807) is 23.5 Å². The minimum atomic E-state index is -0.174. The first-order valence-corrected chi connectivity index (χ1v) is 8.03. The molecule has 2 aromatic carbocycles. The number of hydrogen-bond donors (Lipinski definition) is 1. The molecule has 3 heteroatoms. The Kier molecular flexibility index (Phi) is 4.04. The summed E-state index contributed by atoms with van der Waals surface area (Å²) in [5, 5.41) is 6.91.